The number of Topliss-reactive ketones (excluding diaryl/α,β-unsaturated/α-hetero) is 1. The van der Waals surface area contributed by atoms with Gasteiger partial charge in [-0.2, -0.15) is 0 Å². The molecule has 0 aromatic heterocycles. The number of carbonyl (C=O) groups excluding carboxylic acids is 1. The predicted octanol–water partition coefficient (Wildman–Crippen LogP) is 11.6. The Hall–Kier alpha value is -4.43. The second-order valence-corrected chi connectivity index (χ2v) is 13.7. The predicted molar refractivity (Wildman–Crippen MR) is 195 cm³/mol. The molecule has 2 saturated carbocycles. The van der Waals surface area contributed by atoms with Crippen LogP contribution in [0.4, 0.5) is 0 Å². The van der Waals surface area contributed by atoms with Crippen LogP contribution in [0.5, 0.6) is 5.75 Å². The molecule has 3 aliphatic rings. The number of aryl methyl sites for hydroxylation is 1. The Kier molecular flexibility index (Phi) is 9.38. The number of phenolic OH excluding ortho intramolecular Hbond substituents is 1. The summed E-state index contributed by atoms with van der Waals surface area (Å²) in [6.45, 7) is 2.20. The van der Waals surface area contributed by atoms with Crippen molar-refractivity contribution >= 4 is 16.9 Å². The first-order valence-electron chi connectivity index (χ1n) is 17.9. The number of aromatic hydroxyl groups is 1. The van der Waals surface area contributed by atoms with E-state index >= 15 is 0 Å². The molecule has 0 radical (unpaired) electrons. The van der Waals surface area contributed by atoms with Crippen LogP contribution >= 0.6 is 0 Å². The highest BCUT2D eigenvalue weighted by atomic mass is 16.3. The van der Waals surface area contributed by atoms with Crippen molar-refractivity contribution < 1.29 is 9.90 Å². The molecule has 2 heteroatoms. The smallest absolute Gasteiger partial charge is 0.189 e. The van der Waals surface area contributed by atoms with Crippen molar-refractivity contribution in [3.63, 3.8) is 0 Å². The number of hydrogen-bond acceptors (Lipinski definition) is 2. The summed E-state index contributed by atoms with van der Waals surface area (Å²) in [4.78, 5) is 14.3. The molecule has 0 aliphatic heterocycles. The monoisotopic (exact) mass is 618 g/mol. The summed E-state index contributed by atoms with van der Waals surface area (Å²) < 4.78 is 0. The zero-order valence-corrected chi connectivity index (χ0v) is 27.7. The Bertz CT molecular complexity index is 1830. The second-order valence-electron chi connectivity index (χ2n) is 13.7. The van der Waals surface area contributed by atoms with Gasteiger partial charge in [0.25, 0.3) is 0 Å². The molecule has 0 spiro atoms. The zero-order valence-electron chi connectivity index (χ0n) is 27.7. The Morgan fingerprint density at radius 3 is 1.96 bits per heavy atom. The van der Waals surface area contributed by atoms with E-state index in [0.717, 1.165) is 87.8 Å². The summed E-state index contributed by atoms with van der Waals surface area (Å²) in [5, 5.41) is 11.9. The largest absolute Gasteiger partial charge is 0.507 e. The van der Waals surface area contributed by atoms with E-state index in [1.165, 1.54) is 44.1 Å². The minimum Gasteiger partial charge on any atom is -0.507 e. The van der Waals surface area contributed by atoms with Crippen LogP contribution in [0, 0.1) is 5.92 Å². The molecule has 238 valence electrons. The van der Waals surface area contributed by atoms with Crippen molar-refractivity contribution in [3.05, 3.63) is 148 Å². The van der Waals surface area contributed by atoms with Gasteiger partial charge in [0.1, 0.15) is 5.75 Å². The van der Waals surface area contributed by atoms with Crippen LogP contribution in [0.2, 0.25) is 0 Å². The van der Waals surface area contributed by atoms with Gasteiger partial charge in [0.15, 0.2) is 5.78 Å². The highest BCUT2D eigenvalue weighted by Gasteiger charge is 2.30. The van der Waals surface area contributed by atoms with E-state index in [0.29, 0.717) is 11.7 Å². The van der Waals surface area contributed by atoms with Crippen molar-refractivity contribution in [3.8, 4) is 16.9 Å². The third kappa shape index (κ3) is 6.57. The lowest BCUT2D eigenvalue weighted by molar-refractivity contribution is -0.111. The molecule has 0 amide bonds. The SMILES string of the molecule is CCc1cccc(C(=C2C=C(c3ccccc3)C(=O)C(C3CCCCC3)=C2)c2cc(-c3ccccc3)c(O)c(C3CCCCC3)c2)c1. The summed E-state index contributed by atoms with van der Waals surface area (Å²) in [7, 11) is 0. The molecule has 2 nitrogen and oxygen atoms in total. The number of carbonyl (C=O) groups is 1. The molecular formula is C45H46O2. The van der Waals surface area contributed by atoms with Crippen LogP contribution in [-0.4, -0.2) is 10.9 Å². The first kappa shape index (κ1) is 31.2. The summed E-state index contributed by atoms with van der Waals surface area (Å²) >= 11 is 0. The maximum Gasteiger partial charge on any atom is 0.189 e. The molecule has 1 N–H and O–H groups in total. The highest BCUT2D eigenvalue weighted by Crippen LogP contribution is 2.46. The minimum atomic E-state index is 0.173. The molecule has 4 aromatic carbocycles. The van der Waals surface area contributed by atoms with Gasteiger partial charge in [0, 0.05) is 16.7 Å². The van der Waals surface area contributed by atoms with Gasteiger partial charge in [0.2, 0.25) is 0 Å². The average Bonchev–Trinajstić information content (AvgIpc) is 3.14. The summed E-state index contributed by atoms with van der Waals surface area (Å²) in [5.41, 5.74) is 11.4. The molecule has 0 atom stereocenters. The summed E-state index contributed by atoms with van der Waals surface area (Å²) in [6.07, 6.45) is 16.9. The third-order valence-corrected chi connectivity index (χ3v) is 10.7. The molecule has 3 aliphatic carbocycles. The average molecular weight is 619 g/mol. The number of phenols is 1. The Labute approximate surface area is 280 Å². The highest BCUT2D eigenvalue weighted by molar-refractivity contribution is 6.31. The number of ketones is 1. The van der Waals surface area contributed by atoms with Gasteiger partial charge in [-0.05, 0) is 113 Å². The van der Waals surface area contributed by atoms with Crippen molar-refractivity contribution in [2.24, 2.45) is 5.92 Å². The van der Waals surface area contributed by atoms with E-state index in [4.69, 9.17) is 0 Å². The fourth-order valence-electron chi connectivity index (χ4n) is 8.16. The second kappa shape index (κ2) is 14.1. The Morgan fingerprint density at radius 2 is 1.30 bits per heavy atom. The van der Waals surface area contributed by atoms with Crippen LogP contribution in [0.15, 0.2) is 120 Å². The normalized spacial score (nSPS) is 18.9. The molecule has 2 fully saturated rings. The van der Waals surface area contributed by atoms with Gasteiger partial charge in [0.05, 0.1) is 0 Å². The van der Waals surface area contributed by atoms with Gasteiger partial charge in [-0.1, -0.05) is 130 Å². The minimum absolute atomic E-state index is 0.173. The van der Waals surface area contributed by atoms with Crippen LogP contribution < -0.4 is 0 Å². The lowest BCUT2D eigenvalue weighted by Gasteiger charge is -2.28. The zero-order chi connectivity index (χ0) is 32.2. The van der Waals surface area contributed by atoms with Gasteiger partial charge in [-0.3, -0.25) is 4.79 Å². The molecule has 0 heterocycles. The van der Waals surface area contributed by atoms with Gasteiger partial charge < -0.3 is 5.11 Å². The van der Waals surface area contributed by atoms with E-state index in [9.17, 15) is 9.90 Å². The fourth-order valence-corrected chi connectivity index (χ4v) is 8.16. The topological polar surface area (TPSA) is 37.3 Å². The van der Waals surface area contributed by atoms with Crippen molar-refractivity contribution in [2.75, 3.05) is 0 Å². The number of rotatable bonds is 7. The number of allylic oxidation sites excluding steroid dienone is 5. The Balaban J connectivity index is 1.53. The lowest BCUT2D eigenvalue weighted by atomic mass is 9.75. The first-order valence-corrected chi connectivity index (χ1v) is 17.9. The molecule has 7 rings (SSSR count). The maximum atomic E-state index is 14.3. The van der Waals surface area contributed by atoms with E-state index in [-0.39, 0.29) is 11.7 Å². The van der Waals surface area contributed by atoms with Gasteiger partial charge in [-0.15, -0.1) is 0 Å². The molecule has 0 saturated heterocycles. The number of hydrogen-bond donors (Lipinski definition) is 1. The van der Waals surface area contributed by atoms with E-state index in [2.05, 4.69) is 79.7 Å². The summed E-state index contributed by atoms with van der Waals surface area (Å²) in [6, 6.07) is 33.9. The standard InChI is InChI=1S/C45H46O2/c1-2-31-16-15-25-36(26-31)43(37-27-39(32-17-7-3-8-18-32)44(46)40(28-37)33-19-9-4-10-20-33)38-29-41(34-21-11-5-12-22-34)45(47)42(30-38)35-23-13-6-14-24-35/h3,5,7-8,11-12,15-18,21-22,25-30,33,35,46H,2,4,6,9-10,13-14,19-20,23-24H2,1H3. The van der Waals surface area contributed by atoms with Crippen LogP contribution in [0.1, 0.15) is 105 Å². The maximum absolute atomic E-state index is 14.3. The first-order chi connectivity index (χ1) is 23.1. The molecular weight excluding hydrogens is 572 g/mol. The van der Waals surface area contributed by atoms with Crippen molar-refractivity contribution in [1.82, 2.24) is 0 Å². The van der Waals surface area contributed by atoms with Crippen LogP contribution in [-0.2, 0) is 11.2 Å². The van der Waals surface area contributed by atoms with Gasteiger partial charge in [-0.25, -0.2) is 0 Å². The van der Waals surface area contributed by atoms with Crippen LogP contribution in [0.3, 0.4) is 0 Å². The van der Waals surface area contributed by atoms with Crippen molar-refractivity contribution in [2.45, 2.75) is 83.5 Å². The fraction of sp³-hybridized carbons (Fsp3) is 0.311. The number of benzene rings is 4. The molecule has 47 heavy (non-hydrogen) atoms. The third-order valence-electron chi connectivity index (χ3n) is 10.7. The van der Waals surface area contributed by atoms with Crippen LogP contribution in [0.25, 0.3) is 22.3 Å². The van der Waals surface area contributed by atoms with E-state index in [1.807, 2.05) is 36.4 Å². The van der Waals surface area contributed by atoms with Crippen molar-refractivity contribution in [1.29, 1.82) is 0 Å². The molecule has 4 aromatic rings. The summed E-state index contributed by atoms with van der Waals surface area (Å²) in [5.74, 6) is 1.19. The van der Waals surface area contributed by atoms with E-state index < -0.39 is 0 Å². The molecule has 0 bridgehead atoms. The van der Waals surface area contributed by atoms with E-state index in [1.54, 1.807) is 0 Å². The molecule has 0 unspecified atom stereocenters. The Morgan fingerprint density at radius 1 is 0.660 bits per heavy atom. The quantitative estimate of drug-likeness (QED) is 0.224. The lowest BCUT2D eigenvalue weighted by Crippen LogP contribution is -2.20. The van der Waals surface area contributed by atoms with Gasteiger partial charge >= 0.3 is 0 Å².